The van der Waals surface area contributed by atoms with Crippen LogP contribution in [0, 0.1) is 0 Å². The molecule has 0 N–H and O–H groups in total. The van der Waals surface area contributed by atoms with Crippen molar-refractivity contribution in [2.24, 2.45) is 0 Å². The van der Waals surface area contributed by atoms with Crippen LogP contribution in [0.3, 0.4) is 0 Å². The van der Waals surface area contributed by atoms with E-state index in [9.17, 15) is 0 Å². The van der Waals surface area contributed by atoms with Gasteiger partial charge in [0, 0.05) is 0 Å². The molecule has 0 radical (unpaired) electrons. The Hall–Kier alpha value is -2.03. The number of aromatic nitrogens is 1. The van der Waals surface area contributed by atoms with Crippen molar-refractivity contribution >= 4 is 42.2 Å². The maximum atomic E-state index is 4.23. The molecule has 0 bridgehead atoms. The van der Waals surface area contributed by atoms with Crippen molar-refractivity contribution in [1.82, 2.24) is 4.98 Å². The Balaban J connectivity index is 2.09. The zero-order valence-corrected chi connectivity index (χ0v) is 18.0. The van der Waals surface area contributed by atoms with Crippen LogP contribution in [-0.2, 0) is 6.16 Å². The van der Waals surface area contributed by atoms with Gasteiger partial charge >= 0.3 is 174 Å². The Morgan fingerprint density at radius 2 is 0.926 bits per heavy atom. The molecule has 0 saturated heterocycles. The molecule has 0 aliphatic rings. The fourth-order valence-corrected chi connectivity index (χ4v) is 12.6. The Bertz CT molecular complexity index is 906. The Kier molecular flexibility index (Phi) is 5.12. The molecule has 4 aromatic rings. The topological polar surface area (TPSA) is 12.9 Å². The van der Waals surface area contributed by atoms with Crippen LogP contribution in [0.5, 0.6) is 0 Å². The minimum atomic E-state index is -2.74. The van der Waals surface area contributed by atoms with E-state index in [0.717, 1.165) is 6.16 Å². The van der Waals surface area contributed by atoms with Crippen LogP contribution in [-0.4, -0.2) is 4.98 Å². The molecule has 1 aromatic heterocycles. The fourth-order valence-electron chi connectivity index (χ4n) is 3.77. The number of rotatable bonds is 5. The second-order valence-electron chi connectivity index (χ2n) is 6.70. The average molecular weight is 481 g/mol. The third kappa shape index (κ3) is 3.22. The third-order valence-corrected chi connectivity index (χ3v) is 16.2. The molecule has 3 heteroatoms. The van der Waals surface area contributed by atoms with E-state index >= 15 is 0 Å². The minimum absolute atomic E-state index is 0.965. The van der Waals surface area contributed by atoms with Gasteiger partial charge in [0.1, 0.15) is 0 Å². The van der Waals surface area contributed by atoms with Gasteiger partial charge in [-0.3, -0.25) is 0 Å². The first kappa shape index (κ1) is 18.3. The van der Waals surface area contributed by atoms with Gasteiger partial charge in [-0.05, 0) is 0 Å². The summed E-state index contributed by atoms with van der Waals surface area (Å²) < 4.78 is -2.74. The first-order valence-corrected chi connectivity index (χ1v) is 14.2. The van der Waals surface area contributed by atoms with Gasteiger partial charge in [0.15, 0.2) is 0 Å². The monoisotopic (exact) mass is 481 g/mol. The molecule has 0 aliphatic heterocycles. The normalized spacial score (nSPS) is 12.9. The van der Waals surface area contributed by atoms with Gasteiger partial charge < -0.3 is 0 Å². The summed E-state index contributed by atoms with van der Waals surface area (Å²) in [5, 5.41) is 4.20. The molecule has 0 fully saturated rings. The number of hydrogen-bond acceptors (Lipinski definition) is 1. The van der Waals surface area contributed by atoms with Crippen molar-refractivity contribution in [2.45, 2.75) is 6.16 Å². The number of pyridine rings is 1. The van der Waals surface area contributed by atoms with Crippen LogP contribution in [0.2, 0.25) is 0 Å². The van der Waals surface area contributed by atoms with Gasteiger partial charge in [0.25, 0.3) is 0 Å². The van der Waals surface area contributed by atoms with Crippen molar-refractivity contribution in [3.8, 4) is 0 Å². The summed E-state index contributed by atoms with van der Waals surface area (Å²) in [6.07, 6.45) is 4.76. The van der Waals surface area contributed by atoms with Crippen molar-refractivity contribution in [3.63, 3.8) is 0 Å². The fraction of sp³-hybridized carbons (Fsp3) is 0.0417. The molecule has 1 heterocycles. The van der Waals surface area contributed by atoms with E-state index in [1.54, 1.807) is 0 Å². The molecule has 4 rings (SSSR count). The molecule has 0 unspecified atom stereocenters. The molecular weight excluding hydrogens is 460 g/mol. The molecule has 1 nitrogen and oxygen atoms in total. The standard InChI is InChI=1S/C24H21INP/c25-27(22-10-4-1-5-11-22,23-12-6-2-7-13-23,24-14-8-3-9-15-24)20-21-16-18-26-19-17-21/h1-19H,20H2. The molecule has 0 amide bonds. The predicted molar refractivity (Wildman–Crippen MR) is 127 cm³/mol. The zero-order chi connectivity index (χ0) is 18.6. The van der Waals surface area contributed by atoms with Crippen molar-refractivity contribution < 1.29 is 0 Å². The van der Waals surface area contributed by atoms with Crippen LogP contribution < -0.4 is 15.9 Å². The van der Waals surface area contributed by atoms with E-state index in [2.05, 4.69) is 130 Å². The predicted octanol–water partition coefficient (Wildman–Crippen LogP) is 5.46. The van der Waals surface area contributed by atoms with Crippen LogP contribution in [0.4, 0.5) is 0 Å². The van der Waals surface area contributed by atoms with Gasteiger partial charge in [-0.15, -0.1) is 0 Å². The molecule has 134 valence electrons. The van der Waals surface area contributed by atoms with Gasteiger partial charge in [-0.25, -0.2) is 0 Å². The quantitative estimate of drug-likeness (QED) is 0.273. The van der Waals surface area contributed by atoms with E-state index in [4.69, 9.17) is 0 Å². The van der Waals surface area contributed by atoms with Crippen molar-refractivity contribution in [1.29, 1.82) is 0 Å². The zero-order valence-electron chi connectivity index (χ0n) is 14.9. The van der Waals surface area contributed by atoms with E-state index in [0.29, 0.717) is 0 Å². The summed E-state index contributed by atoms with van der Waals surface area (Å²) in [6.45, 7) is 0. The summed E-state index contributed by atoms with van der Waals surface area (Å²) in [6, 6.07) is 37.3. The average Bonchev–Trinajstić information content (AvgIpc) is 2.76. The summed E-state index contributed by atoms with van der Waals surface area (Å²) in [7, 11) is 0. The second-order valence-corrected chi connectivity index (χ2v) is 17.3. The van der Waals surface area contributed by atoms with Crippen molar-refractivity contribution in [2.75, 3.05) is 0 Å². The molecule has 3 aromatic carbocycles. The maximum absolute atomic E-state index is 4.23. The summed E-state index contributed by atoms with van der Waals surface area (Å²) in [5.74, 6) is 0. The molecular formula is C24H21INP. The number of hydrogen-bond donors (Lipinski definition) is 0. The first-order valence-electron chi connectivity index (χ1n) is 9.00. The SMILES string of the molecule is IP(Cc1ccncc1)(c1ccccc1)(c1ccccc1)c1ccccc1. The van der Waals surface area contributed by atoms with E-state index < -0.39 is 4.25 Å². The molecule has 0 saturated carbocycles. The number of halogens is 1. The van der Waals surface area contributed by atoms with Crippen LogP contribution in [0.25, 0.3) is 0 Å². The number of nitrogens with zero attached hydrogens (tertiary/aromatic N) is 1. The molecule has 0 spiro atoms. The van der Waals surface area contributed by atoms with E-state index in [1.807, 2.05) is 12.4 Å². The first-order chi connectivity index (χ1) is 13.2. The van der Waals surface area contributed by atoms with Crippen LogP contribution in [0.15, 0.2) is 116 Å². The summed E-state index contributed by atoms with van der Waals surface area (Å²) >= 11 is 2.82. The van der Waals surface area contributed by atoms with Gasteiger partial charge in [0.2, 0.25) is 0 Å². The molecule has 0 aliphatic carbocycles. The molecule has 27 heavy (non-hydrogen) atoms. The van der Waals surface area contributed by atoms with Crippen LogP contribution in [0.1, 0.15) is 5.56 Å². The molecule has 0 atom stereocenters. The number of benzene rings is 3. The third-order valence-electron chi connectivity index (χ3n) is 5.11. The van der Waals surface area contributed by atoms with Crippen LogP contribution >= 0.6 is 26.3 Å². The Labute approximate surface area is 173 Å². The van der Waals surface area contributed by atoms with Crippen molar-refractivity contribution in [3.05, 3.63) is 121 Å². The van der Waals surface area contributed by atoms with E-state index in [-0.39, 0.29) is 0 Å². The van der Waals surface area contributed by atoms with Gasteiger partial charge in [-0.1, -0.05) is 0 Å². The Morgan fingerprint density at radius 3 is 1.30 bits per heavy atom. The summed E-state index contributed by atoms with van der Waals surface area (Å²) in [4.78, 5) is 4.23. The summed E-state index contributed by atoms with van der Waals surface area (Å²) in [5.41, 5.74) is 1.31. The Morgan fingerprint density at radius 1 is 0.556 bits per heavy atom. The van der Waals surface area contributed by atoms with Gasteiger partial charge in [0.05, 0.1) is 0 Å². The van der Waals surface area contributed by atoms with E-state index in [1.165, 1.54) is 21.5 Å². The second kappa shape index (κ2) is 7.53. The van der Waals surface area contributed by atoms with Gasteiger partial charge in [-0.2, -0.15) is 0 Å².